The Bertz CT molecular complexity index is 370. The number of carbonyl (C=O) groups is 1. The van der Waals surface area contributed by atoms with Gasteiger partial charge in [0.05, 0.1) is 18.0 Å². The molecule has 0 saturated carbocycles. The number of aryl methyl sites for hydroxylation is 1. The standard InChI is InChI=1S/C10H14N2O2/c1-6-5-14-10-8(6)12(3)4-7(11-2)9(10)13/h5,7,11H,4H2,1-3H3. The molecule has 4 heteroatoms. The predicted octanol–water partition coefficient (Wildman–Crippen LogP) is 0.809. The van der Waals surface area contributed by atoms with E-state index in [1.807, 2.05) is 14.0 Å². The van der Waals surface area contributed by atoms with Crippen LogP contribution in [-0.2, 0) is 0 Å². The molecule has 14 heavy (non-hydrogen) atoms. The van der Waals surface area contributed by atoms with Crippen molar-refractivity contribution >= 4 is 11.5 Å². The number of nitrogens with one attached hydrogen (secondary N) is 1. The fourth-order valence-corrected chi connectivity index (χ4v) is 1.92. The lowest BCUT2D eigenvalue weighted by molar-refractivity contribution is 0.0915. The molecule has 76 valence electrons. The number of hydrogen-bond donors (Lipinski definition) is 1. The molecule has 0 bridgehead atoms. The van der Waals surface area contributed by atoms with E-state index < -0.39 is 0 Å². The molecular weight excluding hydrogens is 180 g/mol. The molecule has 2 rings (SSSR count). The number of anilines is 1. The van der Waals surface area contributed by atoms with E-state index in [4.69, 9.17) is 4.42 Å². The van der Waals surface area contributed by atoms with Gasteiger partial charge < -0.3 is 14.6 Å². The number of carbonyl (C=O) groups excluding carboxylic acids is 1. The van der Waals surface area contributed by atoms with Gasteiger partial charge in [-0.15, -0.1) is 0 Å². The summed E-state index contributed by atoms with van der Waals surface area (Å²) in [5.74, 6) is 0.532. The maximum Gasteiger partial charge on any atom is 0.218 e. The molecule has 0 fully saturated rings. The topological polar surface area (TPSA) is 45.5 Å². The van der Waals surface area contributed by atoms with Crippen molar-refractivity contribution in [2.75, 3.05) is 25.5 Å². The van der Waals surface area contributed by atoms with E-state index in [-0.39, 0.29) is 11.8 Å². The Kier molecular flexibility index (Phi) is 2.07. The number of Topliss-reactive ketones (excluding diaryl/α,β-unsaturated/α-hetero) is 1. The molecule has 4 nitrogen and oxygen atoms in total. The summed E-state index contributed by atoms with van der Waals surface area (Å²) in [6, 6.07) is -0.155. The lowest BCUT2D eigenvalue weighted by Gasteiger charge is -2.29. The third-order valence-corrected chi connectivity index (χ3v) is 2.67. The summed E-state index contributed by atoms with van der Waals surface area (Å²) in [6.45, 7) is 2.65. The largest absolute Gasteiger partial charge is 0.459 e. The molecule has 0 amide bonds. The van der Waals surface area contributed by atoms with Crippen LogP contribution in [0.4, 0.5) is 5.69 Å². The monoisotopic (exact) mass is 194 g/mol. The quantitative estimate of drug-likeness (QED) is 0.718. The van der Waals surface area contributed by atoms with Crippen LogP contribution in [0.15, 0.2) is 10.7 Å². The second kappa shape index (κ2) is 3.13. The second-order valence-corrected chi connectivity index (χ2v) is 3.68. The minimum absolute atomic E-state index is 0.0497. The molecule has 0 aromatic carbocycles. The van der Waals surface area contributed by atoms with Gasteiger partial charge in [0.15, 0.2) is 5.76 Å². The molecule has 1 aromatic rings. The molecule has 0 radical (unpaired) electrons. The first-order valence-corrected chi connectivity index (χ1v) is 4.66. The molecule has 2 heterocycles. The SMILES string of the molecule is CNC1CN(C)c2c(C)coc2C1=O. The molecule has 1 unspecified atom stereocenters. The molecule has 0 aliphatic carbocycles. The van der Waals surface area contributed by atoms with Gasteiger partial charge in [-0.2, -0.15) is 0 Å². The first-order chi connectivity index (χ1) is 6.65. The maximum absolute atomic E-state index is 11.8. The fraction of sp³-hybridized carbons (Fsp3) is 0.500. The highest BCUT2D eigenvalue weighted by Gasteiger charge is 2.33. The molecule has 0 spiro atoms. The van der Waals surface area contributed by atoms with Crippen molar-refractivity contribution in [1.82, 2.24) is 5.32 Å². The van der Waals surface area contributed by atoms with E-state index in [2.05, 4.69) is 10.2 Å². The Balaban J connectivity index is 2.47. The van der Waals surface area contributed by atoms with Crippen molar-refractivity contribution in [3.63, 3.8) is 0 Å². The molecule has 1 aliphatic rings. The Labute approximate surface area is 82.9 Å². The normalized spacial score (nSPS) is 21.2. The first kappa shape index (κ1) is 9.27. The van der Waals surface area contributed by atoms with Gasteiger partial charge in [0.25, 0.3) is 0 Å². The van der Waals surface area contributed by atoms with Gasteiger partial charge in [-0.1, -0.05) is 0 Å². The summed E-state index contributed by atoms with van der Waals surface area (Å²) in [4.78, 5) is 13.9. The minimum atomic E-state index is -0.155. The summed E-state index contributed by atoms with van der Waals surface area (Å²) in [7, 11) is 3.76. The van der Waals surface area contributed by atoms with Crippen molar-refractivity contribution in [3.8, 4) is 0 Å². The van der Waals surface area contributed by atoms with E-state index >= 15 is 0 Å². The van der Waals surface area contributed by atoms with Gasteiger partial charge in [-0.3, -0.25) is 4.79 Å². The van der Waals surface area contributed by atoms with Gasteiger partial charge in [0.2, 0.25) is 5.78 Å². The van der Waals surface area contributed by atoms with Crippen molar-refractivity contribution in [1.29, 1.82) is 0 Å². The number of ketones is 1. The van der Waals surface area contributed by atoms with Crippen molar-refractivity contribution in [2.24, 2.45) is 0 Å². The van der Waals surface area contributed by atoms with Crippen LogP contribution in [0, 0.1) is 6.92 Å². The highest BCUT2D eigenvalue weighted by Crippen LogP contribution is 2.30. The second-order valence-electron chi connectivity index (χ2n) is 3.68. The molecule has 1 atom stereocenters. The molecule has 1 N–H and O–H groups in total. The van der Waals surface area contributed by atoms with Crippen LogP contribution >= 0.6 is 0 Å². The Hall–Kier alpha value is -1.29. The number of furan rings is 1. The molecule has 0 saturated heterocycles. The highest BCUT2D eigenvalue weighted by molar-refractivity contribution is 6.05. The molecule has 1 aromatic heterocycles. The smallest absolute Gasteiger partial charge is 0.218 e. The Morgan fingerprint density at radius 2 is 2.36 bits per heavy atom. The number of nitrogens with zero attached hydrogens (tertiary/aromatic N) is 1. The average molecular weight is 194 g/mol. The number of likely N-dealkylation sites (N-methyl/N-ethyl adjacent to an activating group) is 2. The predicted molar refractivity (Wildman–Crippen MR) is 53.9 cm³/mol. The van der Waals surface area contributed by atoms with Crippen molar-refractivity contribution in [2.45, 2.75) is 13.0 Å². The van der Waals surface area contributed by atoms with Gasteiger partial charge in [-0.05, 0) is 14.0 Å². The zero-order valence-corrected chi connectivity index (χ0v) is 8.63. The van der Waals surface area contributed by atoms with Crippen molar-refractivity contribution in [3.05, 3.63) is 17.6 Å². The summed E-state index contributed by atoms with van der Waals surface area (Å²) in [5, 5.41) is 2.98. The van der Waals surface area contributed by atoms with Gasteiger partial charge >= 0.3 is 0 Å². The van der Waals surface area contributed by atoms with E-state index in [9.17, 15) is 4.79 Å². The summed E-state index contributed by atoms with van der Waals surface area (Å²) >= 11 is 0. The Morgan fingerprint density at radius 3 is 3.00 bits per heavy atom. The number of hydrogen-bond acceptors (Lipinski definition) is 4. The molecule has 1 aliphatic heterocycles. The third kappa shape index (κ3) is 1.14. The van der Waals surface area contributed by atoms with Crippen LogP contribution in [0.5, 0.6) is 0 Å². The maximum atomic E-state index is 11.8. The van der Waals surface area contributed by atoms with Crippen LogP contribution in [-0.4, -0.2) is 32.5 Å². The van der Waals surface area contributed by atoms with E-state index in [0.29, 0.717) is 12.3 Å². The van der Waals surface area contributed by atoms with Crippen LogP contribution < -0.4 is 10.2 Å². The fourth-order valence-electron chi connectivity index (χ4n) is 1.92. The zero-order chi connectivity index (χ0) is 10.3. The van der Waals surface area contributed by atoms with Crippen LogP contribution in [0.25, 0.3) is 0 Å². The van der Waals surface area contributed by atoms with Crippen LogP contribution in [0.1, 0.15) is 16.1 Å². The summed E-state index contributed by atoms with van der Waals surface area (Å²) < 4.78 is 5.27. The van der Waals surface area contributed by atoms with Gasteiger partial charge in [0.1, 0.15) is 0 Å². The zero-order valence-electron chi connectivity index (χ0n) is 8.63. The number of fused-ring (bicyclic) bond motifs is 1. The number of rotatable bonds is 1. The first-order valence-electron chi connectivity index (χ1n) is 4.66. The lowest BCUT2D eigenvalue weighted by Crippen LogP contribution is -2.47. The highest BCUT2D eigenvalue weighted by atomic mass is 16.3. The average Bonchev–Trinajstić information content (AvgIpc) is 2.54. The van der Waals surface area contributed by atoms with E-state index in [0.717, 1.165) is 11.3 Å². The summed E-state index contributed by atoms with van der Waals surface area (Å²) in [6.07, 6.45) is 1.64. The van der Waals surface area contributed by atoms with Gasteiger partial charge in [0, 0.05) is 19.2 Å². The third-order valence-electron chi connectivity index (χ3n) is 2.67. The lowest BCUT2D eigenvalue weighted by atomic mass is 10.0. The summed E-state index contributed by atoms with van der Waals surface area (Å²) in [5.41, 5.74) is 1.95. The Morgan fingerprint density at radius 1 is 1.64 bits per heavy atom. The van der Waals surface area contributed by atoms with Crippen LogP contribution in [0.3, 0.4) is 0 Å². The van der Waals surface area contributed by atoms with Gasteiger partial charge in [-0.25, -0.2) is 0 Å². The van der Waals surface area contributed by atoms with E-state index in [1.165, 1.54) is 0 Å². The minimum Gasteiger partial charge on any atom is -0.459 e. The molecular formula is C10H14N2O2. The van der Waals surface area contributed by atoms with Crippen molar-refractivity contribution < 1.29 is 9.21 Å². The van der Waals surface area contributed by atoms with Crippen LogP contribution in [0.2, 0.25) is 0 Å². The van der Waals surface area contributed by atoms with E-state index in [1.54, 1.807) is 13.3 Å².